The number of nitrogens with two attached hydrogens (primary N) is 2. The first-order chi connectivity index (χ1) is 13.0. The topological polar surface area (TPSA) is 133 Å². The molecule has 1 amide bonds. The second-order valence-corrected chi connectivity index (χ2v) is 6.73. The summed E-state index contributed by atoms with van der Waals surface area (Å²) in [6.07, 6.45) is 2.30. The Bertz CT molecular complexity index is 944. The average molecular weight is 364 g/mol. The zero-order chi connectivity index (χ0) is 19.0. The molecule has 2 aromatic heterocycles. The van der Waals surface area contributed by atoms with E-state index in [4.69, 9.17) is 16.5 Å². The molecule has 8 nitrogen and oxygen atoms in total. The van der Waals surface area contributed by atoms with Gasteiger partial charge in [0.05, 0.1) is 6.10 Å². The molecule has 0 spiro atoms. The Morgan fingerprint density at radius 2 is 1.93 bits per heavy atom. The fourth-order valence-electron chi connectivity index (χ4n) is 3.40. The Morgan fingerprint density at radius 3 is 2.52 bits per heavy atom. The van der Waals surface area contributed by atoms with E-state index in [2.05, 4.69) is 10.1 Å². The molecule has 1 aliphatic rings. The van der Waals surface area contributed by atoms with Gasteiger partial charge in [0, 0.05) is 29.3 Å². The Morgan fingerprint density at radius 1 is 1.15 bits per heavy atom. The van der Waals surface area contributed by atoms with E-state index >= 15 is 0 Å². The lowest BCUT2D eigenvalue weighted by Crippen LogP contribution is -2.28. The third-order valence-electron chi connectivity index (χ3n) is 4.87. The maximum absolute atomic E-state index is 11.3. The van der Waals surface area contributed by atoms with Gasteiger partial charge < -0.3 is 16.6 Å². The van der Waals surface area contributed by atoms with Crippen molar-refractivity contribution in [3.8, 4) is 17.2 Å². The highest BCUT2D eigenvalue weighted by molar-refractivity contribution is 5.93. The van der Waals surface area contributed by atoms with Crippen molar-refractivity contribution in [1.29, 1.82) is 0 Å². The third kappa shape index (κ3) is 3.32. The highest BCUT2D eigenvalue weighted by atomic mass is 16.3. The van der Waals surface area contributed by atoms with Gasteiger partial charge in [-0.1, -0.05) is 18.2 Å². The van der Waals surface area contributed by atoms with Crippen molar-refractivity contribution in [2.45, 2.75) is 30.9 Å². The number of benzene rings is 1. The van der Waals surface area contributed by atoms with Crippen molar-refractivity contribution in [3.05, 3.63) is 60.0 Å². The van der Waals surface area contributed by atoms with Crippen molar-refractivity contribution in [3.63, 3.8) is 0 Å². The Balaban J connectivity index is 1.77. The summed E-state index contributed by atoms with van der Waals surface area (Å²) >= 11 is 0. The predicted molar refractivity (Wildman–Crippen MR) is 99.1 cm³/mol. The fraction of sp³-hybridized carbons (Fsp3) is 0.263. The Labute approximate surface area is 155 Å². The van der Waals surface area contributed by atoms with Crippen LogP contribution in [0.1, 0.15) is 34.9 Å². The van der Waals surface area contributed by atoms with Gasteiger partial charge in [-0.2, -0.15) is 4.68 Å². The van der Waals surface area contributed by atoms with Crippen LogP contribution in [0.2, 0.25) is 0 Å². The zero-order valence-electron chi connectivity index (χ0n) is 14.6. The summed E-state index contributed by atoms with van der Waals surface area (Å²) in [6, 6.07) is 12.1. The molecule has 3 atom stereocenters. The van der Waals surface area contributed by atoms with Crippen molar-refractivity contribution in [2.75, 3.05) is 0 Å². The van der Waals surface area contributed by atoms with Gasteiger partial charge >= 0.3 is 0 Å². The van der Waals surface area contributed by atoms with Crippen LogP contribution in [0.3, 0.4) is 0 Å². The van der Waals surface area contributed by atoms with Gasteiger partial charge in [0.25, 0.3) is 0 Å². The lowest BCUT2D eigenvalue weighted by Gasteiger charge is -2.10. The Kier molecular flexibility index (Phi) is 4.43. The number of primary amides is 1. The number of aromatic nitrogens is 4. The van der Waals surface area contributed by atoms with Gasteiger partial charge in [0.1, 0.15) is 5.82 Å². The number of amides is 1. The SMILES string of the molecule is NC(=O)c1ccc(-c2nc([C@H]3C[C@@H](N)[C@H](O)C3)n(-c3ccccn3)n2)cc1. The first-order valence-electron chi connectivity index (χ1n) is 8.75. The summed E-state index contributed by atoms with van der Waals surface area (Å²) in [4.78, 5) is 20.4. The van der Waals surface area contributed by atoms with Crippen molar-refractivity contribution >= 4 is 5.91 Å². The molecule has 1 saturated carbocycles. The number of pyridine rings is 1. The monoisotopic (exact) mass is 364 g/mol. The van der Waals surface area contributed by atoms with E-state index in [9.17, 15) is 9.90 Å². The molecule has 1 fully saturated rings. The van der Waals surface area contributed by atoms with Gasteiger partial charge in [-0.3, -0.25) is 4.79 Å². The number of hydrogen-bond acceptors (Lipinski definition) is 6. The maximum Gasteiger partial charge on any atom is 0.248 e. The third-order valence-corrected chi connectivity index (χ3v) is 4.87. The van der Waals surface area contributed by atoms with Crippen LogP contribution in [0.5, 0.6) is 0 Å². The molecule has 0 aliphatic heterocycles. The summed E-state index contributed by atoms with van der Waals surface area (Å²) in [5.41, 5.74) is 12.5. The number of aliphatic hydroxyl groups excluding tert-OH is 1. The van der Waals surface area contributed by atoms with Crippen molar-refractivity contribution in [1.82, 2.24) is 19.7 Å². The van der Waals surface area contributed by atoms with Gasteiger partial charge in [0.2, 0.25) is 5.91 Å². The lowest BCUT2D eigenvalue weighted by atomic mass is 10.1. The van der Waals surface area contributed by atoms with E-state index in [-0.39, 0.29) is 12.0 Å². The first-order valence-corrected chi connectivity index (χ1v) is 8.75. The van der Waals surface area contributed by atoms with Crippen LogP contribution in [-0.4, -0.2) is 42.9 Å². The molecule has 5 N–H and O–H groups in total. The molecule has 1 aliphatic carbocycles. The first kappa shape index (κ1) is 17.3. The Hall–Kier alpha value is -3.10. The van der Waals surface area contributed by atoms with E-state index in [0.717, 1.165) is 11.4 Å². The van der Waals surface area contributed by atoms with Gasteiger partial charge in [-0.15, -0.1) is 5.10 Å². The van der Waals surface area contributed by atoms with Crippen LogP contribution >= 0.6 is 0 Å². The van der Waals surface area contributed by atoms with E-state index in [1.807, 2.05) is 18.2 Å². The minimum Gasteiger partial charge on any atom is -0.391 e. The molecule has 8 heteroatoms. The van der Waals surface area contributed by atoms with Crippen molar-refractivity contribution < 1.29 is 9.90 Å². The van der Waals surface area contributed by atoms with Crippen LogP contribution < -0.4 is 11.5 Å². The summed E-state index contributed by atoms with van der Waals surface area (Å²) in [6.45, 7) is 0. The molecule has 1 aromatic carbocycles. The molecule has 4 rings (SSSR count). The van der Waals surface area contributed by atoms with Gasteiger partial charge in [-0.05, 0) is 37.1 Å². The standard InChI is InChI=1S/C19H20N6O2/c20-14-9-13(10-15(14)26)19-23-18(12-6-4-11(5-7-12)17(21)27)24-25(19)16-3-1-2-8-22-16/h1-8,13-15,26H,9-10,20H2,(H2,21,27)/t13-,14+,15+/m0/s1. The lowest BCUT2D eigenvalue weighted by molar-refractivity contribution is 0.100. The minimum atomic E-state index is -0.554. The highest BCUT2D eigenvalue weighted by Crippen LogP contribution is 2.34. The highest BCUT2D eigenvalue weighted by Gasteiger charge is 2.35. The van der Waals surface area contributed by atoms with Crippen molar-refractivity contribution in [2.24, 2.45) is 11.5 Å². The molecule has 0 unspecified atom stereocenters. The van der Waals surface area contributed by atoms with Gasteiger partial charge in [-0.25, -0.2) is 9.97 Å². The normalized spacial score (nSPS) is 22.1. The molecule has 0 bridgehead atoms. The minimum absolute atomic E-state index is 0.0110. The van der Waals surface area contributed by atoms with Crippen LogP contribution in [-0.2, 0) is 0 Å². The smallest absolute Gasteiger partial charge is 0.248 e. The van der Waals surface area contributed by atoms with Crippen LogP contribution in [0.15, 0.2) is 48.7 Å². The quantitative estimate of drug-likeness (QED) is 0.632. The number of carbonyl (C=O) groups is 1. The van der Waals surface area contributed by atoms with Gasteiger partial charge in [0.15, 0.2) is 11.6 Å². The second-order valence-electron chi connectivity index (χ2n) is 6.73. The van der Waals surface area contributed by atoms with Crippen LogP contribution in [0, 0.1) is 0 Å². The number of nitrogens with zero attached hydrogens (tertiary/aromatic N) is 4. The molecule has 0 radical (unpaired) electrons. The number of carbonyl (C=O) groups excluding carboxylic acids is 1. The molecule has 2 heterocycles. The largest absolute Gasteiger partial charge is 0.391 e. The molecular formula is C19H20N6O2. The average Bonchev–Trinajstić information content (AvgIpc) is 3.26. The summed E-state index contributed by atoms with van der Waals surface area (Å²) in [7, 11) is 0. The summed E-state index contributed by atoms with van der Waals surface area (Å²) < 4.78 is 1.70. The zero-order valence-corrected chi connectivity index (χ0v) is 14.6. The number of hydrogen-bond donors (Lipinski definition) is 3. The summed E-state index contributed by atoms with van der Waals surface area (Å²) in [5.74, 6) is 1.39. The number of rotatable bonds is 4. The summed E-state index contributed by atoms with van der Waals surface area (Å²) in [5, 5.41) is 14.7. The molecule has 27 heavy (non-hydrogen) atoms. The van der Waals surface area contributed by atoms with E-state index in [0.29, 0.717) is 30.0 Å². The second kappa shape index (κ2) is 6.90. The van der Waals surface area contributed by atoms with E-state index < -0.39 is 12.0 Å². The van der Waals surface area contributed by atoms with Crippen LogP contribution in [0.25, 0.3) is 17.2 Å². The van der Waals surface area contributed by atoms with E-state index in [1.54, 1.807) is 35.1 Å². The molecule has 138 valence electrons. The maximum atomic E-state index is 11.3. The van der Waals surface area contributed by atoms with Crippen LogP contribution in [0.4, 0.5) is 0 Å². The molecule has 3 aromatic rings. The predicted octanol–water partition coefficient (Wildman–Crippen LogP) is 0.994. The number of aliphatic hydroxyl groups is 1. The fourth-order valence-corrected chi connectivity index (χ4v) is 3.40. The van der Waals surface area contributed by atoms with E-state index in [1.165, 1.54) is 0 Å². The molecular weight excluding hydrogens is 344 g/mol. The molecule has 0 saturated heterocycles.